The van der Waals surface area contributed by atoms with Crippen LogP contribution in [-0.2, 0) is 15.8 Å². The summed E-state index contributed by atoms with van der Waals surface area (Å²) in [5.41, 5.74) is 7.27. The van der Waals surface area contributed by atoms with Crippen molar-refractivity contribution in [3.63, 3.8) is 0 Å². The molecule has 0 aliphatic heterocycles. The summed E-state index contributed by atoms with van der Waals surface area (Å²) in [7, 11) is -3.50. The lowest BCUT2D eigenvalue weighted by molar-refractivity contribution is 0.600. The van der Waals surface area contributed by atoms with Gasteiger partial charge < -0.3 is 5.73 Å². The Bertz CT molecular complexity index is 718. The van der Waals surface area contributed by atoms with E-state index >= 15 is 0 Å². The van der Waals surface area contributed by atoms with Crippen LogP contribution in [0.1, 0.15) is 5.56 Å². The van der Waals surface area contributed by atoms with Crippen molar-refractivity contribution in [2.45, 2.75) is 5.75 Å². The van der Waals surface area contributed by atoms with Crippen LogP contribution in [0.3, 0.4) is 0 Å². The molecule has 0 saturated carbocycles. The molecular weight excluding hydrogens is 364 g/mol. The van der Waals surface area contributed by atoms with Gasteiger partial charge in [-0.2, -0.15) is 0 Å². The van der Waals surface area contributed by atoms with Crippen LogP contribution in [0, 0.1) is 0 Å². The maximum absolute atomic E-state index is 12.1. The van der Waals surface area contributed by atoms with E-state index in [0.29, 0.717) is 26.4 Å². The second kappa shape index (κ2) is 6.03. The Morgan fingerprint density at radius 2 is 1.80 bits per heavy atom. The van der Waals surface area contributed by atoms with Crippen LogP contribution in [0.4, 0.5) is 11.4 Å². The average Bonchev–Trinajstić information content (AvgIpc) is 2.35. The SMILES string of the molecule is Nc1ccc(CS(=O)(=O)Nc2ccc(Cl)cc2Br)cc1. The fraction of sp³-hybridized carbons (Fsp3) is 0.0769. The number of rotatable bonds is 4. The minimum absolute atomic E-state index is 0.123. The number of hydrogen-bond acceptors (Lipinski definition) is 3. The van der Waals surface area contributed by atoms with Crippen LogP contribution in [0.15, 0.2) is 46.9 Å². The van der Waals surface area contributed by atoms with Crippen LogP contribution in [0.25, 0.3) is 0 Å². The number of sulfonamides is 1. The molecule has 0 fully saturated rings. The zero-order chi connectivity index (χ0) is 14.8. The molecule has 0 bridgehead atoms. The van der Waals surface area contributed by atoms with Crippen molar-refractivity contribution in [1.29, 1.82) is 0 Å². The van der Waals surface area contributed by atoms with Gasteiger partial charge in [-0.05, 0) is 51.8 Å². The second-order valence-corrected chi connectivity index (χ2v) is 7.24. The predicted octanol–water partition coefficient (Wildman–Crippen LogP) is 3.63. The van der Waals surface area contributed by atoms with Crippen molar-refractivity contribution in [3.05, 3.63) is 57.5 Å². The second-order valence-electron chi connectivity index (χ2n) is 4.23. The summed E-state index contributed by atoms with van der Waals surface area (Å²) in [6.45, 7) is 0. The molecule has 20 heavy (non-hydrogen) atoms. The first kappa shape index (κ1) is 15.2. The summed E-state index contributed by atoms with van der Waals surface area (Å²) >= 11 is 9.08. The Labute approximate surface area is 131 Å². The number of benzene rings is 2. The lowest BCUT2D eigenvalue weighted by Crippen LogP contribution is -2.15. The Hall–Kier alpha value is -1.24. The van der Waals surface area contributed by atoms with Gasteiger partial charge in [0.2, 0.25) is 10.0 Å². The van der Waals surface area contributed by atoms with Gasteiger partial charge in [0, 0.05) is 15.2 Å². The minimum atomic E-state index is -3.50. The fourth-order valence-corrected chi connectivity index (χ4v) is 3.74. The molecule has 2 rings (SSSR count). The number of halogens is 2. The van der Waals surface area contributed by atoms with Crippen molar-refractivity contribution in [1.82, 2.24) is 0 Å². The molecule has 0 aliphatic carbocycles. The number of anilines is 2. The van der Waals surface area contributed by atoms with Gasteiger partial charge in [0.1, 0.15) is 0 Å². The van der Waals surface area contributed by atoms with E-state index in [4.69, 9.17) is 17.3 Å². The van der Waals surface area contributed by atoms with Gasteiger partial charge in [-0.3, -0.25) is 4.72 Å². The van der Waals surface area contributed by atoms with Gasteiger partial charge in [-0.1, -0.05) is 23.7 Å². The molecule has 7 heteroatoms. The number of hydrogen-bond donors (Lipinski definition) is 2. The highest BCUT2D eigenvalue weighted by Gasteiger charge is 2.13. The van der Waals surface area contributed by atoms with E-state index in [9.17, 15) is 8.42 Å². The predicted molar refractivity (Wildman–Crippen MR) is 86.3 cm³/mol. The number of nitrogens with two attached hydrogens (primary N) is 1. The van der Waals surface area contributed by atoms with Gasteiger partial charge in [0.25, 0.3) is 0 Å². The molecule has 0 unspecified atom stereocenters. The topological polar surface area (TPSA) is 72.2 Å². The molecule has 0 atom stereocenters. The van der Waals surface area contributed by atoms with Crippen molar-refractivity contribution in [2.24, 2.45) is 0 Å². The van der Waals surface area contributed by atoms with Crippen LogP contribution >= 0.6 is 27.5 Å². The average molecular weight is 376 g/mol. The Morgan fingerprint density at radius 1 is 1.15 bits per heavy atom. The lowest BCUT2D eigenvalue weighted by Gasteiger charge is -2.10. The zero-order valence-corrected chi connectivity index (χ0v) is 13.5. The normalized spacial score (nSPS) is 11.3. The molecule has 0 aliphatic rings. The molecule has 2 aromatic carbocycles. The highest BCUT2D eigenvalue weighted by molar-refractivity contribution is 9.10. The van der Waals surface area contributed by atoms with Gasteiger partial charge in [-0.25, -0.2) is 8.42 Å². The van der Waals surface area contributed by atoms with Crippen LogP contribution in [-0.4, -0.2) is 8.42 Å². The van der Waals surface area contributed by atoms with Crippen molar-refractivity contribution in [2.75, 3.05) is 10.5 Å². The third-order valence-electron chi connectivity index (χ3n) is 2.53. The van der Waals surface area contributed by atoms with E-state index in [0.717, 1.165) is 0 Å². The van der Waals surface area contributed by atoms with Gasteiger partial charge in [-0.15, -0.1) is 0 Å². The van der Waals surface area contributed by atoms with Crippen molar-refractivity contribution >= 4 is 48.9 Å². The first-order valence-corrected chi connectivity index (χ1v) is 8.48. The fourth-order valence-electron chi connectivity index (χ4n) is 1.61. The third-order valence-corrected chi connectivity index (χ3v) is 4.67. The van der Waals surface area contributed by atoms with Gasteiger partial charge in [0.15, 0.2) is 0 Å². The van der Waals surface area contributed by atoms with E-state index in [1.54, 1.807) is 42.5 Å². The van der Waals surface area contributed by atoms with E-state index in [-0.39, 0.29) is 5.75 Å². The highest BCUT2D eigenvalue weighted by atomic mass is 79.9. The molecule has 0 spiro atoms. The van der Waals surface area contributed by atoms with Gasteiger partial charge in [0.05, 0.1) is 11.4 Å². The standard InChI is InChI=1S/C13H12BrClN2O2S/c14-12-7-10(15)3-6-13(12)17-20(18,19)8-9-1-4-11(16)5-2-9/h1-7,17H,8,16H2. The molecule has 3 N–H and O–H groups in total. The maximum Gasteiger partial charge on any atom is 0.236 e. The maximum atomic E-state index is 12.1. The van der Waals surface area contributed by atoms with E-state index in [2.05, 4.69) is 20.7 Å². The van der Waals surface area contributed by atoms with E-state index < -0.39 is 10.0 Å². The number of nitrogen functional groups attached to an aromatic ring is 1. The first-order chi connectivity index (χ1) is 9.35. The molecule has 0 radical (unpaired) electrons. The smallest absolute Gasteiger partial charge is 0.236 e. The molecular formula is C13H12BrClN2O2S. The monoisotopic (exact) mass is 374 g/mol. The van der Waals surface area contributed by atoms with Gasteiger partial charge >= 0.3 is 0 Å². The largest absolute Gasteiger partial charge is 0.399 e. The van der Waals surface area contributed by atoms with E-state index in [1.165, 1.54) is 0 Å². The third kappa shape index (κ3) is 4.13. The molecule has 0 amide bonds. The summed E-state index contributed by atoms with van der Waals surface area (Å²) in [5.74, 6) is -0.123. The summed E-state index contributed by atoms with van der Waals surface area (Å²) < 4.78 is 27.3. The van der Waals surface area contributed by atoms with Crippen LogP contribution in [0.2, 0.25) is 5.02 Å². The summed E-state index contributed by atoms with van der Waals surface area (Å²) in [6, 6.07) is 11.6. The lowest BCUT2D eigenvalue weighted by atomic mass is 10.2. The minimum Gasteiger partial charge on any atom is -0.399 e. The highest BCUT2D eigenvalue weighted by Crippen LogP contribution is 2.27. The summed E-state index contributed by atoms with van der Waals surface area (Å²) in [5, 5.41) is 0.526. The zero-order valence-electron chi connectivity index (χ0n) is 10.3. The summed E-state index contributed by atoms with van der Waals surface area (Å²) in [4.78, 5) is 0. The van der Waals surface area contributed by atoms with Crippen molar-refractivity contribution in [3.8, 4) is 0 Å². The van der Waals surface area contributed by atoms with Crippen LogP contribution < -0.4 is 10.5 Å². The van der Waals surface area contributed by atoms with Crippen LogP contribution in [0.5, 0.6) is 0 Å². The Balaban J connectivity index is 2.17. The molecule has 2 aromatic rings. The first-order valence-electron chi connectivity index (χ1n) is 5.66. The van der Waals surface area contributed by atoms with Crippen molar-refractivity contribution < 1.29 is 8.42 Å². The molecule has 4 nitrogen and oxygen atoms in total. The molecule has 0 saturated heterocycles. The molecule has 106 valence electrons. The van der Waals surface area contributed by atoms with E-state index in [1.807, 2.05) is 0 Å². The summed E-state index contributed by atoms with van der Waals surface area (Å²) in [6.07, 6.45) is 0. The Morgan fingerprint density at radius 3 is 2.40 bits per heavy atom. The Kier molecular flexibility index (Phi) is 4.57. The molecule has 0 aromatic heterocycles. The quantitative estimate of drug-likeness (QED) is 0.802. The number of nitrogens with one attached hydrogen (secondary N) is 1. The molecule has 0 heterocycles.